The van der Waals surface area contributed by atoms with E-state index in [4.69, 9.17) is 4.42 Å². The van der Waals surface area contributed by atoms with Crippen molar-refractivity contribution < 1.29 is 18.4 Å². The molecule has 0 bridgehead atoms. The molecule has 4 aromatic rings. The molecule has 0 radical (unpaired) electrons. The van der Waals surface area contributed by atoms with Crippen LogP contribution >= 0.6 is 11.8 Å². The first-order chi connectivity index (χ1) is 16.0. The molecule has 0 aliphatic heterocycles. The Morgan fingerprint density at radius 3 is 2.52 bits per heavy atom. The Bertz CT molecular complexity index is 1250. The van der Waals surface area contributed by atoms with Crippen LogP contribution in [0.2, 0.25) is 0 Å². The number of hydrogen-bond donors (Lipinski definition) is 2. The average molecular weight is 465 g/mol. The zero-order valence-electron chi connectivity index (χ0n) is 17.7. The van der Waals surface area contributed by atoms with Gasteiger partial charge in [-0.15, -0.1) is 0 Å². The predicted octanol–water partition coefficient (Wildman–Crippen LogP) is 4.57. The molecule has 2 aromatic carbocycles. The number of imidazole rings is 1. The third-order valence-corrected chi connectivity index (χ3v) is 5.66. The van der Waals surface area contributed by atoms with Crippen LogP contribution in [0.3, 0.4) is 0 Å². The van der Waals surface area contributed by atoms with Gasteiger partial charge in [0.1, 0.15) is 17.3 Å². The van der Waals surface area contributed by atoms with Crippen molar-refractivity contribution in [3.05, 3.63) is 96.0 Å². The second-order valence-corrected chi connectivity index (χ2v) is 8.11. The van der Waals surface area contributed by atoms with E-state index in [1.54, 1.807) is 24.5 Å². The Balaban J connectivity index is 1.34. The third kappa shape index (κ3) is 5.89. The van der Waals surface area contributed by atoms with Gasteiger partial charge in [0.15, 0.2) is 5.16 Å². The molecule has 0 unspecified atom stereocenters. The van der Waals surface area contributed by atoms with Crippen molar-refractivity contribution in [1.82, 2.24) is 14.9 Å². The van der Waals surface area contributed by atoms with Crippen molar-refractivity contribution in [1.29, 1.82) is 0 Å². The maximum Gasteiger partial charge on any atom is 0.251 e. The van der Waals surface area contributed by atoms with Gasteiger partial charge in [-0.1, -0.05) is 11.8 Å². The van der Waals surface area contributed by atoms with Crippen LogP contribution in [0.1, 0.15) is 21.9 Å². The first kappa shape index (κ1) is 22.3. The number of aryl methyl sites for hydroxylation is 1. The van der Waals surface area contributed by atoms with Crippen molar-refractivity contribution in [2.75, 3.05) is 11.1 Å². The van der Waals surface area contributed by atoms with E-state index in [9.17, 15) is 14.0 Å². The van der Waals surface area contributed by atoms with Crippen LogP contribution in [0.4, 0.5) is 10.1 Å². The van der Waals surface area contributed by atoms with Crippen LogP contribution in [0.25, 0.3) is 5.69 Å². The minimum absolute atomic E-state index is 0.140. The Morgan fingerprint density at radius 1 is 1.06 bits per heavy atom. The summed E-state index contributed by atoms with van der Waals surface area (Å²) in [6.07, 6.45) is 3.43. The minimum atomic E-state index is -0.361. The van der Waals surface area contributed by atoms with E-state index in [1.807, 2.05) is 35.8 Å². The quantitative estimate of drug-likeness (QED) is 0.373. The molecule has 0 saturated heterocycles. The summed E-state index contributed by atoms with van der Waals surface area (Å²) in [5, 5.41) is 6.18. The normalized spacial score (nSPS) is 10.7. The van der Waals surface area contributed by atoms with Crippen LogP contribution in [0.5, 0.6) is 0 Å². The number of carbonyl (C=O) groups is 2. The van der Waals surface area contributed by atoms with E-state index in [0.29, 0.717) is 28.7 Å². The van der Waals surface area contributed by atoms with Crippen molar-refractivity contribution in [2.24, 2.45) is 0 Å². The molecule has 0 atom stereocenters. The number of halogens is 1. The maximum atomic E-state index is 13.0. The zero-order valence-corrected chi connectivity index (χ0v) is 18.6. The number of benzene rings is 2. The molecule has 4 rings (SSSR count). The lowest BCUT2D eigenvalue weighted by Crippen LogP contribution is -2.22. The van der Waals surface area contributed by atoms with Crippen LogP contribution in [-0.2, 0) is 11.3 Å². The Hall–Kier alpha value is -3.85. The maximum absolute atomic E-state index is 13.0. The Labute approximate surface area is 194 Å². The van der Waals surface area contributed by atoms with Gasteiger partial charge in [0.2, 0.25) is 5.91 Å². The molecule has 0 aliphatic rings. The summed E-state index contributed by atoms with van der Waals surface area (Å²) in [6, 6.07) is 16.4. The van der Waals surface area contributed by atoms with Gasteiger partial charge in [0.25, 0.3) is 5.91 Å². The molecule has 0 aliphatic carbocycles. The molecule has 9 heteroatoms. The number of rotatable bonds is 8. The number of amides is 2. The summed E-state index contributed by atoms with van der Waals surface area (Å²) in [4.78, 5) is 28.9. The van der Waals surface area contributed by atoms with Crippen LogP contribution < -0.4 is 10.6 Å². The molecule has 0 spiro atoms. The van der Waals surface area contributed by atoms with Crippen LogP contribution in [0, 0.1) is 12.7 Å². The van der Waals surface area contributed by atoms with Crippen molar-refractivity contribution in [3.63, 3.8) is 0 Å². The van der Waals surface area contributed by atoms with Gasteiger partial charge >= 0.3 is 0 Å². The highest BCUT2D eigenvalue weighted by Crippen LogP contribution is 2.21. The Morgan fingerprint density at radius 2 is 1.82 bits per heavy atom. The van der Waals surface area contributed by atoms with E-state index < -0.39 is 0 Å². The van der Waals surface area contributed by atoms with Crippen molar-refractivity contribution in [2.45, 2.75) is 18.6 Å². The van der Waals surface area contributed by atoms with Crippen molar-refractivity contribution >= 4 is 29.3 Å². The fourth-order valence-electron chi connectivity index (χ4n) is 3.08. The lowest BCUT2D eigenvalue weighted by molar-refractivity contribution is -0.113. The van der Waals surface area contributed by atoms with Gasteiger partial charge in [-0.3, -0.25) is 14.2 Å². The average Bonchev–Trinajstić information content (AvgIpc) is 3.46. The van der Waals surface area contributed by atoms with Gasteiger partial charge in [-0.2, -0.15) is 0 Å². The molecule has 0 saturated carbocycles. The number of anilines is 1. The van der Waals surface area contributed by atoms with Crippen LogP contribution in [-0.4, -0.2) is 27.1 Å². The summed E-state index contributed by atoms with van der Waals surface area (Å²) in [7, 11) is 0. The molecular weight excluding hydrogens is 443 g/mol. The summed E-state index contributed by atoms with van der Waals surface area (Å²) >= 11 is 1.27. The lowest BCUT2D eigenvalue weighted by atomic mass is 10.2. The van der Waals surface area contributed by atoms with E-state index in [0.717, 1.165) is 11.4 Å². The second-order valence-electron chi connectivity index (χ2n) is 7.17. The van der Waals surface area contributed by atoms with Gasteiger partial charge in [0.05, 0.1) is 12.3 Å². The molecule has 33 heavy (non-hydrogen) atoms. The smallest absolute Gasteiger partial charge is 0.251 e. The molecule has 2 amide bonds. The summed E-state index contributed by atoms with van der Waals surface area (Å²) in [5.74, 6) is 0.849. The van der Waals surface area contributed by atoms with Gasteiger partial charge in [-0.25, -0.2) is 9.37 Å². The van der Waals surface area contributed by atoms with Crippen LogP contribution in [0.15, 0.2) is 82.6 Å². The number of nitrogens with one attached hydrogen (secondary N) is 2. The lowest BCUT2D eigenvalue weighted by Gasteiger charge is -2.09. The monoisotopic (exact) mass is 464 g/mol. The minimum Gasteiger partial charge on any atom is -0.465 e. The topological polar surface area (TPSA) is 89.2 Å². The summed E-state index contributed by atoms with van der Waals surface area (Å²) in [6.45, 7) is 2.17. The number of furan rings is 1. The van der Waals surface area contributed by atoms with Gasteiger partial charge in [0, 0.05) is 29.3 Å². The molecule has 0 fully saturated rings. The summed E-state index contributed by atoms with van der Waals surface area (Å²) in [5.41, 5.74) is 1.86. The number of aromatic nitrogens is 2. The van der Waals surface area contributed by atoms with E-state index in [-0.39, 0.29) is 23.4 Å². The van der Waals surface area contributed by atoms with Gasteiger partial charge < -0.3 is 15.1 Å². The number of carbonyl (C=O) groups excluding carboxylic acids is 2. The van der Waals surface area contributed by atoms with E-state index in [1.165, 1.54) is 36.0 Å². The summed E-state index contributed by atoms with van der Waals surface area (Å²) < 4.78 is 20.3. The fraction of sp³-hybridized carbons (Fsp3) is 0.125. The molecule has 2 N–H and O–H groups in total. The molecular formula is C24H21FN4O3S. The van der Waals surface area contributed by atoms with E-state index in [2.05, 4.69) is 15.6 Å². The van der Waals surface area contributed by atoms with E-state index >= 15 is 0 Å². The molecule has 2 heterocycles. The number of thioether (sulfide) groups is 1. The highest BCUT2D eigenvalue weighted by molar-refractivity contribution is 7.99. The van der Waals surface area contributed by atoms with Crippen molar-refractivity contribution in [3.8, 4) is 5.69 Å². The Kier molecular flexibility index (Phi) is 6.89. The molecule has 7 nitrogen and oxygen atoms in total. The largest absolute Gasteiger partial charge is 0.465 e. The number of nitrogens with zero attached hydrogens (tertiary/aromatic N) is 2. The molecule has 168 valence electrons. The first-order valence-corrected chi connectivity index (χ1v) is 11.1. The first-order valence-electron chi connectivity index (χ1n) is 10.1. The zero-order chi connectivity index (χ0) is 23.2. The second kappa shape index (κ2) is 10.2. The predicted molar refractivity (Wildman–Crippen MR) is 124 cm³/mol. The standard InChI is InChI=1S/C24H21FN4O3S/c1-16-2-11-21(32-16)14-27-23(31)17-3-9-20(10-4-17)29-13-12-26-24(29)33-15-22(30)28-19-7-5-18(25)6-8-19/h2-13H,14-15H2,1H3,(H,27,31)(H,28,30). The highest BCUT2D eigenvalue weighted by atomic mass is 32.2. The number of hydrogen-bond acceptors (Lipinski definition) is 5. The highest BCUT2D eigenvalue weighted by Gasteiger charge is 2.11. The third-order valence-electron chi connectivity index (χ3n) is 4.69. The molecule has 2 aromatic heterocycles. The fourth-order valence-corrected chi connectivity index (χ4v) is 3.85. The SMILES string of the molecule is Cc1ccc(CNC(=O)c2ccc(-n3ccnc3SCC(=O)Nc3ccc(F)cc3)cc2)o1. The van der Waals surface area contributed by atoms with Gasteiger partial charge in [-0.05, 0) is 67.6 Å².